The predicted molar refractivity (Wildman–Crippen MR) is 81.7 cm³/mol. The van der Waals surface area contributed by atoms with E-state index in [1.54, 1.807) is 18.3 Å². The van der Waals surface area contributed by atoms with Crippen LogP contribution in [-0.2, 0) is 6.54 Å². The molecule has 0 amide bonds. The number of hydrogen-bond donors (Lipinski definition) is 1. The second kappa shape index (κ2) is 6.77. The fraction of sp³-hybridized carbons (Fsp3) is 0.400. The summed E-state index contributed by atoms with van der Waals surface area (Å²) in [7, 11) is 0. The lowest BCUT2D eigenvalue weighted by atomic mass is 10.1. The summed E-state index contributed by atoms with van der Waals surface area (Å²) in [4.78, 5) is 13.4. The molecule has 0 saturated heterocycles. The van der Waals surface area contributed by atoms with Crippen LogP contribution in [0.5, 0.6) is 0 Å². The molecule has 2 aromatic rings. The highest BCUT2D eigenvalue weighted by Crippen LogP contribution is 2.23. The molecule has 5 heteroatoms. The molecule has 2 aromatic heterocycles. The van der Waals surface area contributed by atoms with Gasteiger partial charge in [0.05, 0.1) is 5.02 Å². The molecule has 1 N–H and O–H groups in total. The van der Waals surface area contributed by atoms with Crippen LogP contribution in [0, 0.1) is 13.8 Å². The Hall–Kier alpha value is -1.52. The van der Waals surface area contributed by atoms with E-state index in [2.05, 4.69) is 27.2 Å². The lowest BCUT2D eigenvalue weighted by Gasteiger charge is -2.11. The van der Waals surface area contributed by atoms with Gasteiger partial charge in [0.15, 0.2) is 5.82 Å². The van der Waals surface area contributed by atoms with Gasteiger partial charge in [0.2, 0.25) is 0 Å². The summed E-state index contributed by atoms with van der Waals surface area (Å²) in [6, 6.07) is 3.60. The molecule has 0 saturated carbocycles. The number of aryl methyl sites for hydroxylation is 2. The van der Waals surface area contributed by atoms with E-state index in [1.165, 1.54) is 0 Å². The smallest absolute Gasteiger partial charge is 0.180 e. The average Bonchev–Trinajstić information content (AvgIpc) is 2.42. The van der Waals surface area contributed by atoms with Crippen LogP contribution in [0.25, 0.3) is 11.5 Å². The van der Waals surface area contributed by atoms with E-state index in [9.17, 15) is 0 Å². The Kier molecular flexibility index (Phi) is 5.04. The summed E-state index contributed by atoms with van der Waals surface area (Å²) in [6.07, 6.45) is 2.81. The summed E-state index contributed by atoms with van der Waals surface area (Å²) in [5.41, 5.74) is 3.72. The highest BCUT2D eigenvalue weighted by atomic mass is 35.5. The number of nitrogens with one attached hydrogen (secondary N) is 1. The molecule has 0 spiro atoms. The Morgan fingerprint density at radius 3 is 2.50 bits per heavy atom. The maximum Gasteiger partial charge on any atom is 0.180 e. The zero-order valence-electron chi connectivity index (χ0n) is 12.1. The summed E-state index contributed by atoms with van der Waals surface area (Å²) in [6.45, 7) is 7.93. The SMILES string of the molecule is CCCNCc1c(C)nc(-c2ncccc2Cl)nc1C. The quantitative estimate of drug-likeness (QED) is 0.859. The molecule has 0 aliphatic rings. The lowest BCUT2D eigenvalue weighted by Crippen LogP contribution is -2.17. The average molecular weight is 291 g/mol. The van der Waals surface area contributed by atoms with Gasteiger partial charge in [-0.05, 0) is 38.9 Å². The third-order valence-electron chi connectivity index (χ3n) is 3.12. The second-order valence-electron chi connectivity index (χ2n) is 4.71. The normalized spacial score (nSPS) is 10.8. The van der Waals surface area contributed by atoms with Crippen LogP contribution >= 0.6 is 11.6 Å². The first-order chi connectivity index (χ1) is 9.63. The minimum absolute atomic E-state index is 0.572. The standard InChI is InChI=1S/C15H19ClN4/c1-4-7-17-9-12-10(2)19-15(20-11(12)3)14-13(16)6-5-8-18-14/h5-6,8,17H,4,7,9H2,1-3H3. The van der Waals surface area contributed by atoms with Gasteiger partial charge in [-0.3, -0.25) is 4.98 Å². The third kappa shape index (κ3) is 3.32. The van der Waals surface area contributed by atoms with Crippen molar-refractivity contribution in [2.24, 2.45) is 0 Å². The van der Waals surface area contributed by atoms with E-state index in [-0.39, 0.29) is 0 Å². The number of rotatable bonds is 5. The molecule has 20 heavy (non-hydrogen) atoms. The van der Waals surface area contributed by atoms with Crippen LogP contribution in [0.4, 0.5) is 0 Å². The van der Waals surface area contributed by atoms with Crippen molar-refractivity contribution in [3.8, 4) is 11.5 Å². The molecule has 2 heterocycles. The summed E-state index contributed by atoms with van der Waals surface area (Å²) in [5, 5.41) is 3.95. The van der Waals surface area contributed by atoms with Gasteiger partial charge in [-0.25, -0.2) is 9.97 Å². The van der Waals surface area contributed by atoms with E-state index in [0.29, 0.717) is 16.5 Å². The molecule has 0 aliphatic heterocycles. The molecule has 106 valence electrons. The summed E-state index contributed by atoms with van der Waals surface area (Å²) >= 11 is 6.15. The van der Waals surface area contributed by atoms with Crippen LogP contribution in [0.2, 0.25) is 5.02 Å². The van der Waals surface area contributed by atoms with Gasteiger partial charge in [0.25, 0.3) is 0 Å². The first-order valence-electron chi connectivity index (χ1n) is 6.79. The zero-order valence-corrected chi connectivity index (χ0v) is 12.8. The Morgan fingerprint density at radius 1 is 1.20 bits per heavy atom. The first-order valence-corrected chi connectivity index (χ1v) is 7.17. The molecule has 0 bridgehead atoms. The minimum Gasteiger partial charge on any atom is -0.313 e. The molecule has 0 radical (unpaired) electrons. The van der Waals surface area contributed by atoms with Crippen molar-refractivity contribution in [1.29, 1.82) is 0 Å². The number of nitrogens with zero attached hydrogens (tertiary/aromatic N) is 3. The molecule has 2 rings (SSSR count). The van der Waals surface area contributed by atoms with Gasteiger partial charge >= 0.3 is 0 Å². The Bertz CT molecular complexity index is 575. The Labute approximate surface area is 124 Å². The van der Waals surface area contributed by atoms with Crippen molar-refractivity contribution >= 4 is 11.6 Å². The highest BCUT2D eigenvalue weighted by molar-refractivity contribution is 6.32. The highest BCUT2D eigenvalue weighted by Gasteiger charge is 2.12. The number of pyridine rings is 1. The van der Waals surface area contributed by atoms with Crippen molar-refractivity contribution in [1.82, 2.24) is 20.3 Å². The topological polar surface area (TPSA) is 50.7 Å². The number of aromatic nitrogens is 3. The van der Waals surface area contributed by atoms with Crippen molar-refractivity contribution in [3.05, 3.63) is 40.3 Å². The Balaban J connectivity index is 2.33. The molecule has 0 unspecified atom stereocenters. The fourth-order valence-corrected chi connectivity index (χ4v) is 2.25. The van der Waals surface area contributed by atoms with Crippen molar-refractivity contribution in [2.75, 3.05) is 6.54 Å². The van der Waals surface area contributed by atoms with E-state index in [1.807, 2.05) is 13.8 Å². The monoisotopic (exact) mass is 290 g/mol. The van der Waals surface area contributed by atoms with Gasteiger partial charge in [0, 0.05) is 29.7 Å². The molecular weight excluding hydrogens is 272 g/mol. The Morgan fingerprint density at radius 2 is 1.90 bits per heavy atom. The maximum absolute atomic E-state index is 6.15. The number of hydrogen-bond acceptors (Lipinski definition) is 4. The number of halogens is 1. The molecule has 0 fully saturated rings. The maximum atomic E-state index is 6.15. The van der Waals surface area contributed by atoms with Crippen LogP contribution in [-0.4, -0.2) is 21.5 Å². The van der Waals surface area contributed by atoms with Gasteiger partial charge in [-0.1, -0.05) is 18.5 Å². The summed E-state index contributed by atoms with van der Waals surface area (Å²) < 4.78 is 0. The van der Waals surface area contributed by atoms with Gasteiger partial charge in [0.1, 0.15) is 5.69 Å². The lowest BCUT2D eigenvalue weighted by molar-refractivity contribution is 0.665. The van der Waals surface area contributed by atoms with Crippen LogP contribution in [0.15, 0.2) is 18.3 Å². The molecule has 4 nitrogen and oxygen atoms in total. The van der Waals surface area contributed by atoms with Crippen LogP contribution < -0.4 is 5.32 Å². The van der Waals surface area contributed by atoms with Gasteiger partial charge in [-0.15, -0.1) is 0 Å². The molecule has 0 aliphatic carbocycles. The molecule has 0 aromatic carbocycles. The van der Waals surface area contributed by atoms with Crippen LogP contribution in [0.3, 0.4) is 0 Å². The first kappa shape index (κ1) is 14.9. The van der Waals surface area contributed by atoms with Crippen molar-refractivity contribution < 1.29 is 0 Å². The fourth-order valence-electron chi connectivity index (χ4n) is 2.04. The van der Waals surface area contributed by atoms with Crippen molar-refractivity contribution in [3.63, 3.8) is 0 Å². The van der Waals surface area contributed by atoms with Crippen molar-refractivity contribution in [2.45, 2.75) is 33.7 Å². The molecular formula is C15H19ClN4. The van der Waals surface area contributed by atoms with E-state index in [4.69, 9.17) is 11.6 Å². The van der Waals surface area contributed by atoms with Gasteiger partial charge in [-0.2, -0.15) is 0 Å². The van der Waals surface area contributed by atoms with E-state index >= 15 is 0 Å². The second-order valence-corrected chi connectivity index (χ2v) is 5.11. The van der Waals surface area contributed by atoms with Crippen LogP contribution in [0.1, 0.15) is 30.3 Å². The van der Waals surface area contributed by atoms with E-state index < -0.39 is 0 Å². The van der Waals surface area contributed by atoms with Gasteiger partial charge < -0.3 is 5.32 Å². The predicted octanol–water partition coefficient (Wildman–Crippen LogP) is 3.31. The zero-order chi connectivity index (χ0) is 14.5. The third-order valence-corrected chi connectivity index (χ3v) is 3.42. The minimum atomic E-state index is 0.572. The molecule has 0 atom stereocenters. The summed E-state index contributed by atoms with van der Waals surface area (Å²) in [5.74, 6) is 0.588. The van der Waals surface area contributed by atoms with E-state index in [0.717, 1.165) is 36.5 Å². The largest absolute Gasteiger partial charge is 0.313 e.